The molecule has 0 amide bonds. The predicted molar refractivity (Wildman–Crippen MR) is 55.2 cm³/mol. The van der Waals surface area contributed by atoms with Gasteiger partial charge in [0.15, 0.2) is 0 Å². The summed E-state index contributed by atoms with van der Waals surface area (Å²) >= 11 is 0. The van der Waals surface area contributed by atoms with Crippen LogP contribution in [0.4, 0.5) is 11.6 Å². The molecule has 6 nitrogen and oxygen atoms in total. The maximum absolute atomic E-state index is 5.53. The number of nitrogens with two attached hydrogens (primary N) is 2. The molecule has 76 valence electrons. The summed E-state index contributed by atoms with van der Waals surface area (Å²) in [6, 6.07) is 7.04. The van der Waals surface area contributed by atoms with Gasteiger partial charge in [-0.1, -0.05) is 0 Å². The molecule has 0 saturated heterocycles. The zero-order valence-corrected chi connectivity index (χ0v) is 7.79. The zero-order chi connectivity index (χ0) is 10.7. The number of hydrogen-bond acceptors (Lipinski definition) is 6. The zero-order valence-electron chi connectivity index (χ0n) is 7.79. The number of benzene rings is 1. The normalized spacial score (nSPS) is 9.87. The highest BCUT2D eigenvalue weighted by Crippen LogP contribution is 2.18. The summed E-state index contributed by atoms with van der Waals surface area (Å²) in [7, 11) is 0. The van der Waals surface area contributed by atoms with E-state index in [0.29, 0.717) is 11.4 Å². The Balaban J connectivity index is 2.18. The van der Waals surface area contributed by atoms with Crippen molar-refractivity contribution in [2.24, 2.45) is 0 Å². The standard InChI is InChI=1S/C9H9N5O/c10-6-1-3-7(4-2-6)15-9-13-5-12-8(11)14-9/h1-5H,10H2,(H2,11,12,13,14). The summed E-state index contributed by atoms with van der Waals surface area (Å²) in [6.45, 7) is 0. The first-order chi connectivity index (χ1) is 7.24. The molecule has 0 aliphatic carbocycles. The van der Waals surface area contributed by atoms with Crippen molar-refractivity contribution in [1.29, 1.82) is 0 Å². The Morgan fingerprint density at radius 1 is 1.00 bits per heavy atom. The lowest BCUT2D eigenvalue weighted by Gasteiger charge is -2.03. The van der Waals surface area contributed by atoms with Crippen molar-refractivity contribution in [2.75, 3.05) is 11.5 Å². The molecular formula is C9H9N5O. The Labute approximate surface area is 85.9 Å². The molecule has 6 heteroatoms. The summed E-state index contributed by atoms with van der Waals surface area (Å²) in [5.41, 5.74) is 11.6. The first-order valence-corrected chi connectivity index (χ1v) is 4.22. The van der Waals surface area contributed by atoms with Crippen LogP contribution in [-0.4, -0.2) is 15.0 Å². The lowest BCUT2D eigenvalue weighted by Crippen LogP contribution is -1.98. The van der Waals surface area contributed by atoms with Crippen LogP contribution < -0.4 is 16.2 Å². The van der Waals surface area contributed by atoms with Crippen molar-refractivity contribution >= 4 is 11.6 Å². The van der Waals surface area contributed by atoms with Gasteiger partial charge in [0, 0.05) is 5.69 Å². The largest absolute Gasteiger partial charge is 0.424 e. The summed E-state index contributed by atoms with van der Waals surface area (Å²) in [5.74, 6) is 0.713. The minimum Gasteiger partial charge on any atom is -0.424 e. The third kappa shape index (κ3) is 2.31. The summed E-state index contributed by atoms with van der Waals surface area (Å²) in [5, 5.41) is 0. The van der Waals surface area contributed by atoms with E-state index in [1.54, 1.807) is 24.3 Å². The molecule has 15 heavy (non-hydrogen) atoms. The third-order valence-corrected chi connectivity index (χ3v) is 1.66. The highest BCUT2D eigenvalue weighted by molar-refractivity contribution is 5.42. The highest BCUT2D eigenvalue weighted by atomic mass is 16.5. The van der Waals surface area contributed by atoms with Crippen LogP contribution in [0.5, 0.6) is 11.8 Å². The van der Waals surface area contributed by atoms with Crippen LogP contribution in [0.2, 0.25) is 0 Å². The number of anilines is 2. The molecule has 1 aromatic heterocycles. The molecule has 0 atom stereocenters. The number of rotatable bonds is 2. The Kier molecular flexibility index (Phi) is 2.32. The van der Waals surface area contributed by atoms with Gasteiger partial charge in [-0.3, -0.25) is 0 Å². The third-order valence-electron chi connectivity index (χ3n) is 1.66. The molecule has 0 aliphatic rings. The van der Waals surface area contributed by atoms with Gasteiger partial charge < -0.3 is 16.2 Å². The van der Waals surface area contributed by atoms with Crippen molar-refractivity contribution < 1.29 is 4.74 Å². The Hall–Kier alpha value is -2.37. The molecular weight excluding hydrogens is 194 g/mol. The fourth-order valence-electron chi connectivity index (χ4n) is 0.984. The summed E-state index contributed by atoms with van der Waals surface area (Å²) in [6.07, 6.45) is 1.29. The Morgan fingerprint density at radius 3 is 2.40 bits per heavy atom. The van der Waals surface area contributed by atoms with Crippen LogP contribution >= 0.6 is 0 Å². The van der Waals surface area contributed by atoms with Crippen LogP contribution in [0.1, 0.15) is 0 Å². The first-order valence-electron chi connectivity index (χ1n) is 4.22. The van der Waals surface area contributed by atoms with E-state index in [1.807, 2.05) is 0 Å². The maximum atomic E-state index is 5.53. The lowest BCUT2D eigenvalue weighted by atomic mass is 10.3. The Bertz CT molecular complexity index is 456. The topological polar surface area (TPSA) is 99.9 Å². The second kappa shape index (κ2) is 3.79. The van der Waals surface area contributed by atoms with Crippen molar-refractivity contribution in [3.8, 4) is 11.8 Å². The molecule has 0 unspecified atom stereocenters. The van der Waals surface area contributed by atoms with Gasteiger partial charge in [-0.25, -0.2) is 4.98 Å². The first kappa shape index (κ1) is 9.20. The van der Waals surface area contributed by atoms with Crippen molar-refractivity contribution in [3.05, 3.63) is 30.6 Å². The van der Waals surface area contributed by atoms with E-state index in [2.05, 4.69) is 15.0 Å². The fourth-order valence-corrected chi connectivity index (χ4v) is 0.984. The van der Waals surface area contributed by atoms with Gasteiger partial charge in [0.05, 0.1) is 0 Å². The van der Waals surface area contributed by atoms with Gasteiger partial charge in [-0.05, 0) is 24.3 Å². The van der Waals surface area contributed by atoms with E-state index < -0.39 is 0 Å². The number of aromatic nitrogens is 3. The second-order valence-corrected chi connectivity index (χ2v) is 2.80. The number of nitrogen functional groups attached to an aromatic ring is 2. The molecule has 4 N–H and O–H groups in total. The minimum atomic E-state index is 0.121. The van der Waals surface area contributed by atoms with E-state index in [4.69, 9.17) is 16.2 Å². The molecule has 0 aliphatic heterocycles. The molecule has 0 bridgehead atoms. The number of ether oxygens (including phenoxy) is 1. The molecule has 1 heterocycles. The van der Waals surface area contributed by atoms with Crippen LogP contribution in [0.3, 0.4) is 0 Å². The average molecular weight is 203 g/mol. The van der Waals surface area contributed by atoms with Crippen LogP contribution in [-0.2, 0) is 0 Å². The van der Waals surface area contributed by atoms with Gasteiger partial charge in [-0.15, -0.1) is 0 Å². The lowest BCUT2D eigenvalue weighted by molar-refractivity contribution is 0.440. The van der Waals surface area contributed by atoms with Gasteiger partial charge in [0.2, 0.25) is 5.95 Å². The van der Waals surface area contributed by atoms with E-state index in [-0.39, 0.29) is 12.0 Å². The average Bonchev–Trinajstić information content (AvgIpc) is 2.22. The van der Waals surface area contributed by atoms with E-state index in [1.165, 1.54) is 6.33 Å². The monoisotopic (exact) mass is 203 g/mol. The molecule has 0 spiro atoms. The van der Waals surface area contributed by atoms with Gasteiger partial charge in [0.25, 0.3) is 0 Å². The minimum absolute atomic E-state index is 0.121. The van der Waals surface area contributed by atoms with E-state index in [9.17, 15) is 0 Å². The van der Waals surface area contributed by atoms with Gasteiger partial charge >= 0.3 is 6.01 Å². The molecule has 2 rings (SSSR count). The van der Waals surface area contributed by atoms with Crippen molar-refractivity contribution in [2.45, 2.75) is 0 Å². The van der Waals surface area contributed by atoms with Gasteiger partial charge in [-0.2, -0.15) is 9.97 Å². The quantitative estimate of drug-likeness (QED) is 0.701. The second-order valence-electron chi connectivity index (χ2n) is 2.80. The van der Waals surface area contributed by atoms with E-state index in [0.717, 1.165) is 0 Å². The Morgan fingerprint density at radius 2 is 1.73 bits per heavy atom. The molecule has 0 fully saturated rings. The summed E-state index contributed by atoms with van der Waals surface area (Å²) in [4.78, 5) is 11.2. The van der Waals surface area contributed by atoms with Crippen LogP contribution in [0.25, 0.3) is 0 Å². The smallest absolute Gasteiger partial charge is 0.326 e. The van der Waals surface area contributed by atoms with Crippen molar-refractivity contribution in [3.63, 3.8) is 0 Å². The number of nitrogens with zero attached hydrogens (tertiary/aromatic N) is 3. The predicted octanol–water partition coefficient (Wildman–Crippen LogP) is 0.828. The maximum Gasteiger partial charge on any atom is 0.326 e. The molecule has 0 radical (unpaired) electrons. The van der Waals surface area contributed by atoms with Crippen LogP contribution in [0, 0.1) is 0 Å². The van der Waals surface area contributed by atoms with Gasteiger partial charge in [0.1, 0.15) is 12.1 Å². The molecule has 0 saturated carbocycles. The van der Waals surface area contributed by atoms with Crippen molar-refractivity contribution in [1.82, 2.24) is 15.0 Å². The van der Waals surface area contributed by atoms with E-state index >= 15 is 0 Å². The summed E-state index contributed by atoms with van der Waals surface area (Å²) < 4.78 is 5.32. The SMILES string of the molecule is Nc1ccc(Oc2ncnc(N)n2)cc1. The molecule has 1 aromatic carbocycles. The fraction of sp³-hybridized carbons (Fsp3) is 0. The highest BCUT2D eigenvalue weighted by Gasteiger charge is 2.00. The number of hydrogen-bond donors (Lipinski definition) is 2. The van der Waals surface area contributed by atoms with Crippen LogP contribution in [0.15, 0.2) is 30.6 Å². The molecule has 2 aromatic rings.